The molecule has 0 bridgehead atoms. The monoisotopic (exact) mass is 466 g/mol. The van der Waals surface area contributed by atoms with Crippen LogP contribution in [-0.4, -0.2) is 18.2 Å². The van der Waals surface area contributed by atoms with Crippen LogP contribution < -0.4 is 10.6 Å². The van der Waals surface area contributed by atoms with E-state index < -0.39 is 0 Å². The van der Waals surface area contributed by atoms with Gasteiger partial charge in [0.2, 0.25) is 0 Å². The highest BCUT2D eigenvalue weighted by Gasteiger charge is 2.07. The van der Waals surface area contributed by atoms with Gasteiger partial charge in [0.15, 0.2) is 11.7 Å². The number of guanidine groups is 1. The molecule has 1 aromatic heterocycles. The van der Waals surface area contributed by atoms with Crippen LogP contribution in [0.1, 0.15) is 11.3 Å². The van der Waals surface area contributed by atoms with Crippen molar-refractivity contribution in [2.24, 2.45) is 4.99 Å². The van der Waals surface area contributed by atoms with E-state index in [-0.39, 0.29) is 29.8 Å². The molecule has 0 radical (unpaired) electrons. The molecule has 0 saturated heterocycles. The summed E-state index contributed by atoms with van der Waals surface area (Å²) in [7, 11) is 1.68. The number of hydrogen-bond acceptors (Lipinski definition) is 3. The van der Waals surface area contributed by atoms with Crippen LogP contribution in [0.25, 0.3) is 11.3 Å². The van der Waals surface area contributed by atoms with Gasteiger partial charge in [-0.3, -0.25) is 4.99 Å². The molecule has 26 heavy (non-hydrogen) atoms. The van der Waals surface area contributed by atoms with Crippen LogP contribution in [0, 0.1) is 5.82 Å². The molecule has 2 aromatic carbocycles. The van der Waals surface area contributed by atoms with Crippen molar-refractivity contribution in [2.45, 2.75) is 13.1 Å². The van der Waals surface area contributed by atoms with Crippen molar-refractivity contribution >= 4 is 29.9 Å². The average molecular weight is 466 g/mol. The third-order valence-electron chi connectivity index (χ3n) is 3.63. The Morgan fingerprint density at radius 1 is 1.04 bits per heavy atom. The topological polar surface area (TPSA) is 62.5 Å². The molecule has 0 unspecified atom stereocenters. The van der Waals surface area contributed by atoms with Gasteiger partial charge < -0.3 is 15.2 Å². The normalized spacial score (nSPS) is 10.9. The van der Waals surface area contributed by atoms with Crippen LogP contribution in [-0.2, 0) is 13.1 Å². The minimum absolute atomic E-state index is 0. The Bertz CT molecular complexity index is 852. The van der Waals surface area contributed by atoms with Gasteiger partial charge in [-0.15, -0.1) is 24.0 Å². The van der Waals surface area contributed by atoms with E-state index in [2.05, 4.69) is 20.8 Å². The van der Waals surface area contributed by atoms with Gasteiger partial charge in [-0.25, -0.2) is 4.39 Å². The fourth-order valence-corrected chi connectivity index (χ4v) is 2.36. The number of aromatic nitrogens is 1. The molecule has 0 atom stereocenters. The fourth-order valence-electron chi connectivity index (χ4n) is 2.36. The summed E-state index contributed by atoms with van der Waals surface area (Å²) in [5.41, 5.74) is 2.60. The number of nitrogens with zero attached hydrogens (tertiary/aromatic N) is 2. The average Bonchev–Trinajstić information content (AvgIpc) is 3.12. The summed E-state index contributed by atoms with van der Waals surface area (Å²) in [5, 5.41) is 10.4. The van der Waals surface area contributed by atoms with Gasteiger partial charge in [-0.1, -0.05) is 47.6 Å². The first-order valence-corrected chi connectivity index (χ1v) is 7.94. The second-order valence-corrected chi connectivity index (χ2v) is 5.46. The van der Waals surface area contributed by atoms with Gasteiger partial charge in [0.05, 0.1) is 6.54 Å². The van der Waals surface area contributed by atoms with Crippen molar-refractivity contribution in [2.75, 3.05) is 7.05 Å². The lowest BCUT2D eigenvalue weighted by atomic mass is 10.2. The molecule has 3 rings (SSSR count). The summed E-state index contributed by atoms with van der Waals surface area (Å²) in [6.45, 7) is 0.949. The van der Waals surface area contributed by atoms with E-state index in [0.717, 1.165) is 22.6 Å². The van der Waals surface area contributed by atoms with Crippen molar-refractivity contribution in [3.05, 3.63) is 77.7 Å². The first-order chi connectivity index (χ1) is 12.2. The molecule has 0 saturated carbocycles. The maximum Gasteiger partial charge on any atom is 0.191 e. The molecule has 0 fully saturated rings. The van der Waals surface area contributed by atoms with Gasteiger partial charge in [-0.05, 0) is 17.7 Å². The van der Waals surface area contributed by atoms with E-state index in [1.807, 2.05) is 42.5 Å². The summed E-state index contributed by atoms with van der Waals surface area (Å²) >= 11 is 0. The predicted octanol–water partition coefficient (Wildman–Crippen LogP) is 3.96. The van der Waals surface area contributed by atoms with Crippen LogP contribution >= 0.6 is 24.0 Å². The molecular weight excluding hydrogens is 446 g/mol. The molecule has 0 aliphatic heterocycles. The minimum atomic E-state index is -0.252. The lowest BCUT2D eigenvalue weighted by molar-refractivity contribution is 0.422. The van der Waals surface area contributed by atoms with E-state index >= 15 is 0 Å². The number of benzene rings is 2. The highest BCUT2D eigenvalue weighted by Crippen LogP contribution is 2.19. The maximum atomic E-state index is 13.2. The smallest absolute Gasteiger partial charge is 0.191 e. The Balaban J connectivity index is 0.00000243. The van der Waals surface area contributed by atoms with Gasteiger partial charge in [0, 0.05) is 25.2 Å². The molecule has 2 N–H and O–H groups in total. The lowest BCUT2D eigenvalue weighted by Crippen LogP contribution is -2.36. The second kappa shape index (κ2) is 9.91. The zero-order valence-corrected chi connectivity index (χ0v) is 16.6. The van der Waals surface area contributed by atoms with Gasteiger partial charge >= 0.3 is 0 Å². The van der Waals surface area contributed by atoms with Crippen LogP contribution in [0.3, 0.4) is 0 Å². The molecule has 0 aliphatic carbocycles. The molecule has 1 heterocycles. The highest BCUT2D eigenvalue weighted by molar-refractivity contribution is 14.0. The minimum Gasteiger partial charge on any atom is -0.356 e. The van der Waals surface area contributed by atoms with Crippen LogP contribution in [0.2, 0.25) is 0 Å². The summed E-state index contributed by atoms with van der Waals surface area (Å²) in [5.74, 6) is 1.08. The second-order valence-electron chi connectivity index (χ2n) is 5.46. The lowest BCUT2D eigenvalue weighted by Gasteiger charge is -2.10. The summed E-state index contributed by atoms with van der Waals surface area (Å²) < 4.78 is 18.6. The van der Waals surface area contributed by atoms with Crippen molar-refractivity contribution in [3.63, 3.8) is 0 Å². The molecule has 0 amide bonds. The van der Waals surface area contributed by atoms with E-state index in [9.17, 15) is 4.39 Å². The Kier molecular flexibility index (Phi) is 7.58. The van der Waals surface area contributed by atoms with Crippen molar-refractivity contribution in [1.82, 2.24) is 15.8 Å². The van der Waals surface area contributed by atoms with Crippen LogP contribution in [0.15, 0.2) is 70.2 Å². The number of hydrogen-bond donors (Lipinski definition) is 2. The van der Waals surface area contributed by atoms with E-state index in [1.54, 1.807) is 13.1 Å². The number of aliphatic imine (C=N–C) groups is 1. The Labute approximate surface area is 168 Å². The first kappa shape index (κ1) is 19.9. The summed E-state index contributed by atoms with van der Waals surface area (Å²) in [6.07, 6.45) is 0. The maximum absolute atomic E-state index is 13.2. The SMILES string of the molecule is CN=C(NCc1cccc(F)c1)NCc1cc(-c2ccccc2)on1.I. The van der Waals surface area contributed by atoms with Crippen molar-refractivity contribution in [1.29, 1.82) is 0 Å². The molecular formula is C19H20FIN4O. The van der Waals surface area contributed by atoms with Crippen molar-refractivity contribution in [3.8, 4) is 11.3 Å². The molecule has 3 aromatic rings. The zero-order valence-electron chi connectivity index (χ0n) is 14.3. The molecule has 7 heteroatoms. The van der Waals surface area contributed by atoms with Crippen molar-refractivity contribution < 1.29 is 8.91 Å². The Morgan fingerprint density at radius 2 is 1.81 bits per heavy atom. The third-order valence-corrected chi connectivity index (χ3v) is 3.63. The molecule has 0 aliphatic rings. The predicted molar refractivity (Wildman–Crippen MR) is 111 cm³/mol. The van der Waals surface area contributed by atoms with Gasteiger partial charge in [0.25, 0.3) is 0 Å². The van der Waals surface area contributed by atoms with Crippen LogP contribution in [0.5, 0.6) is 0 Å². The van der Waals surface area contributed by atoms with E-state index in [1.165, 1.54) is 12.1 Å². The summed E-state index contributed by atoms with van der Waals surface area (Å²) in [6, 6.07) is 18.1. The standard InChI is InChI=1S/C19H19FN4O.HI/c1-21-19(22-12-14-6-5-9-16(20)10-14)23-13-17-11-18(25-24-17)15-7-3-2-4-8-15;/h2-11H,12-13H2,1H3,(H2,21,22,23);1H. The summed E-state index contributed by atoms with van der Waals surface area (Å²) in [4.78, 5) is 4.15. The largest absolute Gasteiger partial charge is 0.356 e. The Morgan fingerprint density at radius 3 is 2.54 bits per heavy atom. The number of halogens is 2. The van der Waals surface area contributed by atoms with Gasteiger partial charge in [-0.2, -0.15) is 0 Å². The van der Waals surface area contributed by atoms with E-state index in [0.29, 0.717) is 19.0 Å². The van der Waals surface area contributed by atoms with Crippen LogP contribution in [0.4, 0.5) is 4.39 Å². The van der Waals surface area contributed by atoms with Gasteiger partial charge in [0.1, 0.15) is 11.5 Å². The highest BCUT2D eigenvalue weighted by atomic mass is 127. The Hall–Kier alpha value is -2.42. The number of nitrogens with one attached hydrogen (secondary N) is 2. The molecule has 136 valence electrons. The third kappa shape index (κ3) is 5.55. The fraction of sp³-hybridized carbons (Fsp3) is 0.158. The molecule has 5 nitrogen and oxygen atoms in total. The van der Waals surface area contributed by atoms with E-state index in [4.69, 9.17) is 4.52 Å². The zero-order chi connectivity index (χ0) is 17.5. The first-order valence-electron chi connectivity index (χ1n) is 7.94. The quantitative estimate of drug-likeness (QED) is 0.340. The molecule has 0 spiro atoms. The number of rotatable bonds is 5.